The number of benzene rings is 3. The fraction of sp³-hybridized carbons (Fsp3) is 0.214. The van der Waals surface area contributed by atoms with E-state index in [1.165, 1.54) is 24.3 Å². The lowest BCUT2D eigenvalue weighted by Gasteiger charge is -2.35. The number of esters is 1. The highest BCUT2D eigenvalue weighted by Gasteiger charge is 2.44. The monoisotopic (exact) mass is 513 g/mol. The predicted molar refractivity (Wildman–Crippen MR) is 137 cm³/mol. The predicted octanol–water partition coefficient (Wildman–Crippen LogP) is 4.89. The lowest BCUT2D eigenvalue weighted by molar-refractivity contribution is -0.385. The molecule has 1 aliphatic carbocycles. The maximum absolute atomic E-state index is 13.4. The Kier molecular flexibility index (Phi) is 6.46. The van der Waals surface area contributed by atoms with Crippen LogP contribution in [0, 0.1) is 10.1 Å². The quantitative estimate of drug-likeness (QED) is 0.214. The summed E-state index contributed by atoms with van der Waals surface area (Å²) in [5.74, 6) is -2.33. The molecule has 10 heteroatoms. The molecule has 0 atom stereocenters. The van der Waals surface area contributed by atoms with Gasteiger partial charge in [0.25, 0.3) is 23.4 Å². The van der Waals surface area contributed by atoms with E-state index >= 15 is 0 Å². The first-order chi connectivity index (χ1) is 18.3. The van der Waals surface area contributed by atoms with Gasteiger partial charge in [-0.1, -0.05) is 30.7 Å². The molecule has 3 aromatic rings. The van der Waals surface area contributed by atoms with Gasteiger partial charge in [0.2, 0.25) is 0 Å². The van der Waals surface area contributed by atoms with Gasteiger partial charge in [0.1, 0.15) is 5.56 Å². The van der Waals surface area contributed by atoms with Crippen LogP contribution in [0.25, 0.3) is 0 Å². The number of hydrogen-bond acceptors (Lipinski definition) is 7. The molecule has 2 aliphatic rings. The van der Waals surface area contributed by atoms with E-state index in [9.17, 15) is 29.3 Å². The summed E-state index contributed by atoms with van der Waals surface area (Å²) < 4.78 is 5.71. The van der Waals surface area contributed by atoms with Crippen LogP contribution in [-0.4, -0.2) is 34.2 Å². The number of nitro benzene ring substituents is 1. The van der Waals surface area contributed by atoms with E-state index < -0.39 is 39.9 Å². The van der Waals surface area contributed by atoms with E-state index in [0.717, 1.165) is 11.3 Å². The zero-order valence-electron chi connectivity index (χ0n) is 20.2. The van der Waals surface area contributed by atoms with Crippen LogP contribution in [0.15, 0.2) is 72.8 Å². The van der Waals surface area contributed by atoms with E-state index in [0.29, 0.717) is 35.3 Å². The normalized spacial score (nSPS) is 16.1. The number of imide groups is 1. The van der Waals surface area contributed by atoms with Crippen molar-refractivity contribution < 1.29 is 28.8 Å². The van der Waals surface area contributed by atoms with Crippen molar-refractivity contribution in [2.24, 2.45) is 0 Å². The standard InChI is InChI=1S/C28H23N3O7/c32-24-20-8-2-3-9-21(20)25(33)30(24)19-14-12-18(13-15-19)29-27(35)28(16-6-1-7-17-28)38-26(34)22-10-4-5-11-23(22)31(36)37/h2-5,8-15H,1,6-7,16-17H2,(H,29,35). The third kappa shape index (κ3) is 4.40. The molecule has 5 rings (SSSR count). The number of rotatable bonds is 6. The topological polar surface area (TPSA) is 136 Å². The van der Waals surface area contributed by atoms with Crippen LogP contribution in [-0.2, 0) is 9.53 Å². The van der Waals surface area contributed by atoms with Crippen molar-refractivity contribution in [1.82, 2.24) is 0 Å². The average Bonchev–Trinajstić information content (AvgIpc) is 3.19. The minimum Gasteiger partial charge on any atom is -0.445 e. The summed E-state index contributed by atoms with van der Waals surface area (Å²) in [6, 6.07) is 18.2. The van der Waals surface area contributed by atoms with Crippen molar-refractivity contribution >= 4 is 40.8 Å². The molecule has 0 spiro atoms. The van der Waals surface area contributed by atoms with Gasteiger partial charge in [0.05, 0.1) is 21.7 Å². The highest BCUT2D eigenvalue weighted by atomic mass is 16.6. The molecule has 3 amide bonds. The number of para-hydroxylation sites is 1. The Labute approximate surface area is 217 Å². The zero-order chi connectivity index (χ0) is 26.9. The molecule has 1 aliphatic heterocycles. The smallest absolute Gasteiger partial charge is 0.346 e. The number of nitro groups is 1. The van der Waals surface area contributed by atoms with Crippen molar-refractivity contribution in [1.29, 1.82) is 0 Å². The second-order valence-electron chi connectivity index (χ2n) is 9.21. The summed E-state index contributed by atoms with van der Waals surface area (Å²) in [5.41, 5.74) is -0.718. The zero-order valence-corrected chi connectivity index (χ0v) is 20.2. The number of hydrogen-bond donors (Lipinski definition) is 1. The number of amides is 3. The lowest BCUT2D eigenvalue weighted by atomic mass is 9.83. The maximum atomic E-state index is 13.4. The highest BCUT2D eigenvalue weighted by Crippen LogP contribution is 2.35. The Morgan fingerprint density at radius 3 is 2.03 bits per heavy atom. The molecule has 10 nitrogen and oxygen atoms in total. The molecule has 0 aromatic heterocycles. The van der Waals surface area contributed by atoms with E-state index in [2.05, 4.69) is 5.32 Å². The van der Waals surface area contributed by atoms with Crippen LogP contribution in [0.2, 0.25) is 0 Å². The molecule has 0 saturated heterocycles. The first-order valence-electron chi connectivity index (χ1n) is 12.2. The van der Waals surface area contributed by atoms with Gasteiger partial charge in [0, 0.05) is 11.8 Å². The van der Waals surface area contributed by atoms with Crippen LogP contribution in [0.5, 0.6) is 0 Å². The van der Waals surface area contributed by atoms with Crippen LogP contribution in [0.4, 0.5) is 17.1 Å². The van der Waals surface area contributed by atoms with Gasteiger partial charge in [-0.3, -0.25) is 24.5 Å². The number of ether oxygens (including phenoxy) is 1. The van der Waals surface area contributed by atoms with Gasteiger partial charge in [-0.25, -0.2) is 9.69 Å². The van der Waals surface area contributed by atoms with Gasteiger partial charge in [-0.15, -0.1) is 0 Å². The van der Waals surface area contributed by atoms with Crippen molar-refractivity contribution in [3.63, 3.8) is 0 Å². The summed E-state index contributed by atoms with van der Waals surface area (Å²) in [7, 11) is 0. The Morgan fingerprint density at radius 2 is 1.42 bits per heavy atom. The number of nitrogens with one attached hydrogen (secondary N) is 1. The molecule has 1 saturated carbocycles. The summed E-state index contributed by atoms with van der Waals surface area (Å²) in [6.07, 6.45) is 2.72. The second kappa shape index (κ2) is 9.89. The van der Waals surface area contributed by atoms with E-state index in [-0.39, 0.29) is 18.4 Å². The first kappa shape index (κ1) is 24.8. The molecule has 1 N–H and O–H groups in total. The molecule has 0 bridgehead atoms. The second-order valence-corrected chi connectivity index (χ2v) is 9.21. The van der Waals surface area contributed by atoms with Crippen molar-refractivity contribution in [3.8, 4) is 0 Å². The summed E-state index contributed by atoms with van der Waals surface area (Å²) >= 11 is 0. The maximum Gasteiger partial charge on any atom is 0.346 e. The molecular formula is C28H23N3O7. The van der Waals surface area contributed by atoms with Gasteiger partial charge >= 0.3 is 5.97 Å². The molecule has 1 heterocycles. The van der Waals surface area contributed by atoms with E-state index in [1.807, 2.05) is 0 Å². The third-order valence-corrected chi connectivity index (χ3v) is 6.86. The number of nitrogens with zero attached hydrogens (tertiary/aromatic N) is 2. The Balaban J connectivity index is 1.34. The van der Waals surface area contributed by atoms with Gasteiger partial charge in [-0.05, 0) is 68.1 Å². The Hall–Kier alpha value is -4.86. The third-order valence-electron chi connectivity index (χ3n) is 6.86. The SMILES string of the molecule is O=C(OC1(C(=O)Nc2ccc(N3C(=O)c4ccccc4C3=O)cc2)CCCCC1)c1ccccc1[N+](=O)[O-]. The van der Waals surface area contributed by atoms with Crippen LogP contribution in [0.3, 0.4) is 0 Å². The molecule has 192 valence electrons. The number of anilines is 2. The molecule has 38 heavy (non-hydrogen) atoms. The Bertz CT molecular complexity index is 1420. The number of fused-ring (bicyclic) bond motifs is 1. The van der Waals surface area contributed by atoms with Crippen LogP contribution in [0.1, 0.15) is 63.2 Å². The van der Waals surface area contributed by atoms with Crippen molar-refractivity contribution in [2.45, 2.75) is 37.7 Å². The van der Waals surface area contributed by atoms with E-state index in [4.69, 9.17) is 4.74 Å². The summed E-state index contributed by atoms with van der Waals surface area (Å²) in [4.78, 5) is 63.7. The van der Waals surface area contributed by atoms with Crippen molar-refractivity contribution in [3.05, 3.63) is 99.6 Å². The van der Waals surface area contributed by atoms with Crippen molar-refractivity contribution in [2.75, 3.05) is 10.2 Å². The summed E-state index contributed by atoms with van der Waals surface area (Å²) in [5, 5.41) is 14.1. The molecule has 0 unspecified atom stereocenters. The minimum atomic E-state index is -1.49. The molecule has 3 aromatic carbocycles. The average molecular weight is 514 g/mol. The number of carbonyl (C=O) groups excluding carboxylic acids is 4. The highest BCUT2D eigenvalue weighted by molar-refractivity contribution is 6.34. The Morgan fingerprint density at radius 1 is 0.842 bits per heavy atom. The molecule has 1 fully saturated rings. The van der Waals surface area contributed by atoms with E-state index in [1.54, 1.807) is 48.5 Å². The van der Waals surface area contributed by atoms with Crippen LogP contribution >= 0.6 is 0 Å². The molecule has 0 radical (unpaired) electrons. The van der Waals surface area contributed by atoms with Gasteiger partial charge < -0.3 is 10.1 Å². The summed E-state index contributed by atoms with van der Waals surface area (Å²) in [6.45, 7) is 0. The fourth-order valence-electron chi connectivity index (χ4n) is 4.90. The fourth-order valence-corrected chi connectivity index (χ4v) is 4.90. The first-order valence-corrected chi connectivity index (χ1v) is 12.2. The number of carbonyl (C=O) groups is 4. The largest absolute Gasteiger partial charge is 0.445 e. The molecular weight excluding hydrogens is 490 g/mol. The lowest BCUT2D eigenvalue weighted by Crippen LogP contribution is -2.48. The minimum absolute atomic E-state index is 0.222. The van der Waals surface area contributed by atoms with Gasteiger partial charge in [0.15, 0.2) is 5.60 Å². The van der Waals surface area contributed by atoms with Gasteiger partial charge in [-0.2, -0.15) is 0 Å². The van der Waals surface area contributed by atoms with Crippen LogP contribution < -0.4 is 10.2 Å².